The predicted octanol–water partition coefficient (Wildman–Crippen LogP) is 2.46. The average molecular weight is 275 g/mol. The van der Waals surface area contributed by atoms with E-state index in [-0.39, 0.29) is 12.1 Å². The summed E-state index contributed by atoms with van der Waals surface area (Å²) in [6.07, 6.45) is 3.83. The first-order chi connectivity index (χ1) is 9.28. The van der Waals surface area contributed by atoms with Crippen LogP contribution in [0.3, 0.4) is 0 Å². The number of aryl methyl sites for hydroxylation is 1. The van der Waals surface area contributed by atoms with Gasteiger partial charge in [-0.05, 0) is 19.1 Å². The minimum Gasteiger partial charge on any atom is -0.486 e. The quantitative estimate of drug-likeness (QED) is 0.935. The number of nitrogens with zero attached hydrogens (tertiary/aromatic N) is 2. The monoisotopic (exact) mass is 275 g/mol. The van der Waals surface area contributed by atoms with Crippen LogP contribution >= 0.6 is 11.8 Å². The molecule has 1 aromatic heterocycles. The van der Waals surface area contributed by atoms with Gasteiger partial charge in [0.1, 0.15) is 11.9 Å². The van der Waals surface area contributed by atoms with E-state index in [0.717, 1.165) is 23.6 Å². The summed E-state index contributed by atoms with van der Waals surface area (Å²) in [5, 5.41) is 4.27. The third-order valence-corrected chi connectivity index (χ3v) is 4.44. The molecule has 0 amide bonds. The second-order valence-electron chi connectivity index (χ2n) is 4.57. The molecule has 2 N–H and O–H groups in total. The Kier molecular flexibility index (Phi) is 3.48. The van der Waals surface area contributed by atoms with Crippen LogP contribution in [-0.4, -0.2) is 21.6 Å². The van der Waals surface area contributed by atoms with Gasteiger partial charge in [0.25, 0.3) is 0 Å². The Balaban J connectivity index is 1.77. The van der Waals surface area contributed by atoms with Gasteiger partial charge in [0.2, 0.25) is 0 Å². The summed E-state index contributed by atoms with van der Waals surface area (Å²) >= 11 is 1.80. The first-order valence-corrected chi connectivity index (χ1v) is 7.43. The first kappa shape index (κ1) is 12.6. The van der Waals surface area contributed by atoms with Crippen LogP contribution in [0.25, 0.3) is 0 Å². The molecule has 0 spiro atoms. The molecule has 0 saturated heterocycles. The molecular weight excluding hydrogens is 258 g/mol. The maximum atomic E-state index is 6.30. The van der Waals surface area contributed by atoms with Crippen LogP contribution in [0.4, 0.5) is 0 Å². The molecule has 0 aliphatic carbocycles. The lowest BCUT2D eigenvalue weighted by atomic mass is 10.1. The molecule has 0 bridgehead atoms. The molecule has 100 valence electrons. The largest absolute Gasteiger partial charge is 0.486 e. The highest BCUT2D eigenvalue weighted by molar-refractivity contribution is 7.99. The lowest BCUT2D eigenvalue weighted by molar-refractivity contribution is 0.185. The average Bonchev–Trinajstić information content (AvgIpc) is 2.95. The molecule has 3 rings (SSSR count). The van der Waals surface area contributed by atoms with Crippen molar-refractivity contribution in [3.63, 3.8) is 0 Å². The van der Waals surface area contributed by atoms with E-state index in [1.54, 1.807) is 11.8 Å². The minimum absolute atomic E-state index is 0.00518. The normalized spacial score (nSPS) is 19.6. The predicted molar refractivity (Wildman–Crippen MR) is 76.4 cm³/mol. The van der Waals surface area contributed by atoms with Crippen molar-refractivity contribution in [3.05, 3.63) is 42.2 Å². The maximum Gasteiger partial charge on any atom is 0.133 e. The smallest absolute Gasteiger partial charge is 0.133 e. The highest BCUT2D eigenvalue weighted by Gasteiger charge is 2.27. The van der Waals surface area contributed by atoms with E-state index in [0.29, 0.717) is 0 Å². The van der Waals surface area contributed by atoms with E-state index in [2.05, 4.69) is 18.1 Å². The van der Waals surface area contributed by atoms with Crippen molar-refractivity contribution in [1.29, 1.82) is 0 Å². The van der Waals surface area contributed by atoms with Crippen LogP contribution < -0.4 is 10.5 Å². The van der Waals surface area contributed by atoms with Crippen LogP contribution in [0.2, 0.25) is 0 Å². The molecule has 4 nitrogen and oxygen atoms in total. The zero-order valence-corrected chi connectivity index (χ0v) is 11.6. The number of rotatable bonds is 3. The summed E-state index contributed by atoms with van der Waals surface area (Å²) < 4.78 is 7.90. The third-order valence-electron chi connectivity index (χ3n) is 3.29. The van der Waals surface area contributed by atoms with Crippen molar-refractivity contribution < 1.29 is 4.74 Å². The van der Waals surface area contributed by atoms with Crippen molar-refractivity contribution in [2.24, 2.45) is 5.73 Å². The molecule has 1 aliphatic heterocycles. The summed E-state index contributed by atoms with van der Waals surface area (Å²) in [6.45, 7) is 2.92. The summed E-state index contributed by atoms with van der Waals surface area (Å²) in [5.74, 6) is 1.80. The summed E-state index contributed by atoms with van der Waals surface area (Å²) in [5.41, 5.74) is 7.34. The molecule has 2 heterocycles. The Morgan fingerprint density at radius 1 is 1.53 bits per heavy atom. The van der Waals surface area contributed by atoms with Gasteiger partial charge in [-0.1, -0.05) is 12.1 Å². The summed E-state index contributed by atoms with van der Waals surface area (Å²) in [6, 6.07) is 7.96. The lowest BCUT2D eigenvalue weighted by Gasteiger charge is -2.29. The Bertz CT molecular complexity index is 569. The molecule has 1 aliphatic rings. The van der Waals surface area contributed by atoms with Crippen molar-refractivity contribution in [2.75, 3.05) is 5.75 Å². The Labute approximate surface area is 116 Å². The van der Waals surface area contributed by atoms with Crippen molar-refractivity contribution in [2.45, 2.75) is 30.5 Å². The second-order valence-corrected chi connectivity index (χ2v) is 5.63. The number of para-hydroxylation sites is 1. The fourth-order valence-electron chi connectivity index (χ4n) is 2.15. The van der Waals surface area contributed by atoms with Gasteiger partial charge in [-0.2, -0.15) is 5.10 Å². The van der Waals surface area contributed by atoms with E-state index in [9.17, 15) is 0 Å². The van der Waals surface area contributed by atoms with Crippen LogP contribution in [0.1, 0.15) is 18.5 Å². The second kappa shape index (κ2) is 5.27. The molecule has 2 unspecified atom stereocenters. The SMILES string of the molecule is CCn1cc(C(N)C2CSc3ccccc3O2)cn1. The molecule has 0 saturated carbocycles. The summed E-state index contributed by atoms with van der Waals surface area (Å²) in [7, 11) is 0. The molecule has 1 aromatic carbocycles. The zero-order valence-electron chi connectivity index (χ0n) is 10.8. The van der Waals surface area contributed by atoms with E-state index < -0.39 is 0 Å². The number of hydrogen-bond acceptors (Lipinski definition) is 4. The van der Waals surface area contributed by atoms with E-state index in [1.165, 1.54) is 4.90 Å². The van der Waals surface area contributed by atoms with Crippen LogP contribution in [0.15, 0.2) is 41.6 Å². The van der Waals surface area contributed by atoms with Gasteiger partial charge < -0.3 is 10.5 Å². The fourth-order valence-corrected chi connectivity index (χ4v) is 3.20. The zero-order chi connectivity index (χ0) is 13.2. The van der Waals surface area contributed by atoms with Crippen LogP contribution in [0, 0.1) is 0 Å². The van der Waals surface area contributed by atoms with Gasteiger partial charge in [-0.15, -0.1) is 11.8 Å². The van der Waals surface area contributed by atoms with Crippen molar-refractivity contribution in [1.82, 2.24) is 9.78 Å². The number of ether oxygens (including phenoxy) is 1. The maximum absolute atomic E-state index is 6.30. The fraction of sp³-hybridized carbons (Fsp3) is 0.357. The van der Waals surface area contributed by atoms with Gasteiger partial charge in [0.05, 0.1) is 12.2 Å². The highest BCUT2D eigenvalue weighted by atomic mass is 32.2. The Morgan fingerprint density at radius 3 is 3.16 bits per heavy atom. The molecule has 19 heavy (non-hydrogen) atoms. The number of nitrogens with two attached hydrogens (primary N) is 1. The van der Waals surface area contributed by atoms with Crippen LogP contribution in [-0.2, 0) is 6.54 Å². The number of fused-ring (bicyclic) bond motifs is 1. The number of aromatic nitrogens is 2. The van der Waals surface area contributed by atoms with E-state index in [1.807, 2.05) is 35.3 Å². The Morgan fingerprint density at radius 2 is 2.37 bits per heavy atom. The summed E-state index contributed by atoms with van der Waals surface area (Å²) in [4.78, 5) is 1.19. The van der Waals surface area contributed by atoms with Crippen molar-refractivity contribution >= 4 is 11.8 Å². The molecule has 0 fully saturated rings. The molecule has 2 aromatic rings. The van der Waals surface area contributed by atoms with Crippen LogP contribution in [0.5, 0.6) is 5.75 Å². The lowest BCUT2D eigenvalue weighted by Crippen LogP contribution is -2.35. The Hall–Kier alpha value is -1.46. The van der Waals surface area contributed by atoms with Crippen molar-refractivity contribution in [3.8, 4) is 5.75 Å². The minimum atomic E-state index is -0.138. The highest BCUT2D eigenvalue weighted by Crippen LogP contribution is 2.37. The topological polar surface area (TPSA) is 53.1 Å². The van der Waals surface area contributed by atoms with Gasteiger partial charge in [-0.3, -0.25) is 4.68 Å². The van der Waals surface area contributed by atoms with E-state index in [4.69, 9.17) is 10.5 Å². The molecule has 0 radical (unpaired) electrons. The number of hydrogen-bond donors (Lipinski definition) is 1. The van der Waals surface area contributed by atoms with Gasteiger partial charge in [-0.25, -0.2) is 0 Å². The van der Waals surface area contributed by atoms with Gasteiger partial charge >= 0.3 is 0 Å². The molecule has 5 heteroatoms. The van der Waals surface area contributed by atoms with E-state index >= 15 is 0 Å². The number of thioether (sulfide) groups is 1. The first-order valence-electron chi connectivity index (χ1n) is 6.44. The standard InChI is InChI=1S/C14H17N3OS/c1-2-17-8-10(7-16-17)14(15)12-9-19-13-6-4-3-5-11(13)18-12/h3-8,12,14H,2,9,15H2,1H3. The van der Waals surface area contributed by atoms with Gasteiger partial charge in [0.15, 0.2) is 0 Å². The van der Waals surface area contributed by atoms with Gasteiger partial charge in [0, 0.05) is 29.0 Å². The third kappa shape index (κ3) is 2.48. The number of benzene rings is 1. The molecular formula is C14H17N3OS. The molecule has 2 atom stereocenters.